The van der Waals surface area contributed by atoms with Crippen molar-refractivity contribution in [2.24, 2.45) is 0 Å². The van der Waals surface area contributed by atoms with Gasteiger partial charge in [0.2, 0.25) is 0 Å². The van der Waals surface area contributed by atoms with Gasteiger partial charge in [0, 0.05) is 11.1 Å². The van der Waals surface area contributed by atoms with Crippen molar-refractivity contribution in [1.29, 1.82) is 0 Å². The maximum Gasteiger partial charge on any atom is 0.133 e. The maximum atomic E-state index is 5.86. The van der Waals surface area contributed by atoms with Gasteiger partial charge in [0.15, 0.2) is 0 Å². The summed E-state index contributed by atoms with van der Waals surface area (Å²) in [5.41, 5.74) is 0. The van der Waals surface area contributed by atoms with Crippen molar-refractivity contribution in [1.82, 2.24) is 0 Å². The number of benzene rings is 2. The second-order valence-corrected chi connectivity index (χ2v) is 5.24. The van der Waals surface area contributed by atoms with Crippen LogP contribution in [0.1, 0.15) is 0 Å². The van der Waals surface area contributed by atoms with E-state index in [1.54, 1.807) is 19.2 Å². The molecule has 0 N–H and O–H groups in total. The first kappa shape index (κ1) is 15.0. The third-order valence-corrected chi connectivity index (χ3v) is 3.40. The highest BCUT2D eigenvalue weighted by Crippen LogP contribution is 2.28. The molecule has 0 fully saturated rings. The Morgan fingerprint density at radius 1 is 1.00 bits per heavy atom. The van der Waals surface area contributed by atoms with E-state index in [1.165, 1.54) is 0 Å². The average Bonchev–Trinajstić information content (AvgIpc) is 2.45. The van der Waals surface area contributed by atoms with Gasteiger partial charge >= 0.3 is 0 Å². The summed E-state index contributed by atoms with van der Waals surface area (Å²) in [6.07, 6.45) is 0. The predicted molar refractivity (Wildman–Crippen MR) is 83.1 cm³/mol. The number of hydrogen-bond acceptors (Lipinski definition) is 3. The van der Waals surface area contributed by atoms with Gasteiger partial charge in [0.1, 0.15) is 30.5 Å². The Hall–Kier alpha value is -1.39. The molecule has 0 bridgehead atoms. The predicted octanol–water partition coefficient (Wildman–Crippen LogP) is 4.57. The normalized spacial score (nSPS) is 10.2. The van der Waals surface area contributed by atoms with Gasteiger partial charge in [-0.25, -0.2) is 0 Å². The highest BCUT2D eigenvalue weighted by atomic mass is 79.9. The molecule has 0 saturated heterocycles. The molecule has 0 unspecified atom stereocenters. The molecule has 3 nitrogen and oxygen atoms in total. The van der Waals surface area contributed by atoms with Gasteiger partial charge in [-0.3, -0.25) is 0 Å². The largest absolute Gasteiger partial charge is 0.497 e. The minimum Gasteiger partial charge on any atom is -0.497 e. The van der Waals surface area contributed by atoms with Gasteiger partial charge in [-0.15, -0.1) is 0 Å². The molecule has 2 aromatic rings. The average molecular weight is 358 g/mol. The molecule has 0 saturated carbocycles. The van der Waals surface area contributed by atoms with E-state index in [-0.39, 0.29) is 0 Å². The Morgan fingerprint density at radius 2 is 1.75 bits per heavy atom. The van der Waals surface area contributed by atoms with Crippen LogP contribution in [-0.2, 0) is 0 Å². The van der Waals surface area contributed by atoms with Gasteiger partial charge in [0.25, 0.3) is 0 Å². The molecule has 2 aromatic carbocycles. The molecule has 5 heteroatoms. The van der Waals surface area contributed by atoms with Crippen LogP contribution < -0.4 is 14.2 Å². The van der Waals surface area contributed by atoms with E-state index >= 15 is 0 Å². The zero-order valence-electron chi connectivity index (χ0n) is 10.9. The number of methoxy groups -OCH3 is 1. The molecular formula is C15H14BrClO3. The SMILES string of the molecule is COc1cccc(OCCOc2ccc(Cl)cc2Br)c1. The zero-order valence-corrected chi connectivity index (χ0v) is 13.3. The molecule has 0 heterocycles. The number of rotatable bonds is 6. The minimum absolute atomic E-state index is 0.442. The number of ether oxygens (including phenoxy) is 3. The van der Waals surface area contributed by atoms with Gasteiger partial charge < -0.3 is 14.2 Å². The van der Waals surface area contributed by atoms with E-state index in [0.717, 1.165) is 21.7 Å². The van der Waals surface area contributed by atoms with Crippen molar-refractivity contribution in [3.05, 3.63) is 52.0 Å². The third kappa shape index (κ3) is 4.32. The fourth-order valence-corrected chi connectivity index (χ4v) is 2.39. The molecule has 0 aliphatic rings. The van der Waals surface area contributed by atoms with E-state index in [9.17, 15) is 0 Å². The van der Waals surface area contributed by atoms with E-state index in [4.69, 9.17) is 25.8 Å². The third-order valence-electron chi connectivity index (χ3n) is 2.54. The van der Waals surface area contributed by atoms with Gasteiger partial charge in [-0.05, 0) is 46.3 Å². The Labute approximate surface area is 131 Å². The maximum absolute atomic E-state index is 5.86. The number of hydrogen-bond donors (Lipinski definition) is 0. The first-order valence-electron chi connectivity index (χ1n) is 6.04. The van der Waals surface area contributed by atoms with Crippen LogP contribution in [0.15, 0.2) is 46.9 Å². The lowest BCUT2D eigenvalue weighted by Gasteiger charge is -2.10. The fraction of sp³-hybridized carbons (Fsp3) is 0.200. The van der Waals surface area contributed by atoms with Crippen molar-refractivity contribution in [3.63, 3.8) is 0 Å². The molecule has 0 aliphatic carbocycles. The van der Waals surface area contributed by atoms with Crippen LogP contribution in [0.25, 0.3) is 0 Å². The first-order chi connectivity index (χ1) is 9.69. The molecule has 0 spiro atoms. The van der Waals surface area contributed by atoms with Gasteiger partial charge in [-0.2, -0.15) is 0 Å². The van der Waals surface area contributed by atoms with Crippen LogP contribution >= 0.6 is 27.5 Å². The molecule has 0 aliphatic heterocycles. The summed E-state index contributed by atoms with van der Waals surface area (Å²) in [5.74, 6) is 2.26. The van der Waals surface area contributed by atoms with E-state index < -0.39 is 0 Å². The Bertz CT molecular complexity index is 575. The van der Waals surface area contributed by atoms with E-state index in [2.05, 4.69) is 15.9 Å². The molecule has 0 aromatic heterocycles. The molecule has 20 heavy (non-hydrogen) atoms. The first-order valence-corrected chi connectivity index (χ1v) is 7.21. The summed E-state index contributed by atoms with van der Waals surface area (Å²) in [6.45, 7) is 0.889. The second-order valence-electron chi connectivity index (χ2n) is 3.95. The highest BCUT2D eigenvalue weighted by molar-refractivity contribution is 9.10. The van der Waals surface area contributed by atoms with Crippen LogP contribution in [0.3, 0.4) is 0 Å². The molecule has 106 valence electrons. The Balaban J connectivity index is 1.81. The lowest BCUT2D eigenvalue weighted by atomic mass is 10.3. The summed E-state index contributed by atoms with van der Waals surface area (Å²) >= 11 is 9.26. The fourth-order valence-electron chi connectivity index (χ4n) is 1.59. The standard InChI is InChI=1S/C15H14BrClO3/c1-18-12-3-2-4-13(10-12)19-7-8-20-15-6-5-11(17)9-14(15)16/h2-6,9-10H,7-8H2,1H3. The summed E-state index contributed by atoms with van der Waals surface area (Å²) in [7, 11) is 1.63. The van der Waals surface area contributed by atoms with Crippen molar-refractivity contribution < 1.29 is 14.2 Å². The van der Waals surface area contributed by atoms with Crippen molar-refractivity contribution >= 4 is 27.5 Å². The molecule has 2 rings (SSSR count). The lowest BCUT2D eigenvalue weighted by Crippen LogP contribution is -2.09. The molecule has 0 atom stereocenters. The topological polar surface area (TPSA) is 27.7 Å². The number of halogens is 2. The van der Waals surface area contributed by atoms with Crippen molar-refractivity contribution in [2.45, 2.75) is 0 Å². The second kappa shape index (κ2) is 7.41. The molecule has 0 amide bonds. The summed E-state index contributed by atoms with van der Waals surface area (Å²) in [6, 6.07) is 12.8. The monoisotopic (exact) mass is 356 g/mol. The highest BCUT2D eigenvalue weighted by Gasteiger charge is 2.02. The Morgan fingerprint density at radius 3 is 2.50 bits per heavy atom. The van der Waals surface area contributed by atoms with Crippen molar-refractivity contribution in [2.75, 3.05) is 20.3 Å². The molecular weight excluding hydrogens is 344 g/mol. The van der Waals surface area contributed by atoms with Crippen LogP contribution in [0, 0.1) is 0 Å². The smallest absolute Gasteiger partial charge is 0.133 e. The van der Waals surface area contributed by atoms with Crippen LogP contribution in [0.4, 0.5) is 0 Å². The van der Waals surface area contributed by atoms with E-state index in [1.807, 2.05) is 30.3 Å². The van der Waals surface area contributed by atoms with E-state index in [0.29, 0.717) is 18.2 Å². The van der Waals surface area contributed by atoms with Crippen LogP contribution in [0.2, 0.25) is 5.02 Å². The summed E-state index contributed by atoms with van der Waals surface area (Å²) < 4.78 is 17.1. The summed E-state index contributed by atoms with van der Waals surface area (Å²) in [4.78, 5) is 0. The summed E-state index contributed by atoms with van der Waals surface area (Å²) in [5, 5.41) is 0.664. The quantitative estimate of drug-likeness (QED) is 0.709. The van der Waals surface area contributed by atoms with Crippen molar-refractivity contribution in [3.8, 4) is 17.2 Å². The van der Waals surface area contributed by atoms with Gasteiger partial charge in [-0.1, -0.05) is 17.7 Å². The van der Waals surface area contributed by atoms with Crippen LogP contribution in [0.5, 0.6) is 17.2 Å². The lowest BCUT2D eigenvalue weighted by molar-refractivity contribution is 0.216. The molecule has 0 radical (unpaired) electrons. The minimum atomic E-state index is 0.442. The Kier molecular flexibility index (Phi) is 5.56. The van der Waals surface area contributed by atoms with Gasteiger partial charge in [0.05, 0.1) is 11.6 Å². The van der Waals surface area contributed by atoms with Crippen LogP contribution in [-0.4, -0.2) is 20.3 Å². The zero-order chi connectivity index (χ0) is 14.4.